The van der Waals surface area contributed by atoms with Gasteiger partial charge in [0.15, 0.2) is 0 Å². The Morgan fingerprint density at radius 3 is 1.70 bits per heavy atom. The number of nitrogens with two attached hydrogens (primary N) is 1. The van der Waals surface area contributed by atoms with Gasteiger partial charge >= 0.3 is 18.3 Å². The van der Waals surface area contributed by atoms with E-state index in [9.17, 15) is 50.6 Å². The molecule has 0 aromatic heterocycles. The summed E-state index contributed by atoms with van der Waals surface area (Å²) in [6, 6.07) is 1.98. The molecule has 3 amide bonds. The van der Waals surface area contributed by atoms with Crippen molar-refractivity contribution in [1.29, 1.82) is 10.5 Å². The van der Waals surface area contributed by atoms with E-state index in [1.54, 1.807) is 0 Å². The molecule has 7 rings (SSSR count). The Morgan fingerprint density at radius 1 is 0.851 bits per heavy atom. The fourth-order valence-electron chi connectivity index (χ4n) is 5.85. The second kappa shape index (κ2) is 12.0. The quantitative estimate of drug-likeness (QED) is 0.290. The second-order valence-electron chi connectivity index (χ2n) is 13.2. The zero-order valence-electron chi connectivity index (χ0n) is 24.8. The van der Waals surface area contributed by atoms with Gasteiger partial charge in [0.25, 0.3) is 0 Å². The van der Waals surface area contributed by atoms with Gasteiger partial charge in [0.1, 0.15) is 40.1 Å². The number of esters is 1. The number of alkyl halides is 6. The van der Waals surface area contributed by atoms with Crippen LogP contribution in [0.25, 0.3) is 0 Å². The number of carbonyl (C=O) groups excluding carboxylic acids is 4. The number of ether oxygens (including phenoxy) is 1. The summed E-state index contributed by atoms with van der Waals surface area (Å²) in [5.41, 5.74) is -0.729. The summed E-state index contributed by atoms with van der Waals surface area (Å²) < 4.78 is 82.5. The molecule has 4 aliphatic carbocycles. The highest BCUT2D eigenvalue weighted by atomic mass is 35.5. The molecule has 7 fully saturated rings. The fraction of sp³-hybridized carbons (Fsp3) is 0.786. The number of nitrogens with zero attached hydrogens (tertiary/aromatic N) is 4. The number of aliphatic hydroxyl groups is 1. The van der Waals surface area contributed by atoms with E-state index in [4.69, 9.17) is 21.0 Å². The van der Waals surface area contributed by atoms with Crippen molar-refractivity contribution in [2.45, 2.75) is 112 Å². The number of β-amino-alcohol motifs (C(OH)–C–C–N with tert-alkyl or cyclic N) is 1. The van der Waals surface area contributed by atoms with E-state index in [1.807, 2.05) is 12.1 Å². The van der Waals surface area contributed by atoms with Crippen molar-refractivity contribution >= 4 is 36.1 Å². The van der Waals surface area contributed by atoms with Crippen molar-refractivity contribution in [3.05, 3.63) is 0 Å². The molecule has 0 aromatic carbocycles. The number of nitrogens with one attached hydrogen (secondary N) is 1. The van der Waals surface area contributed by atoms with Crippen molar-refractivity contribution < 1.29 is 55.4 Å². The average Bonchev–Trinajstić information content (AvgIpc) is 3.84. The first kappa shape index (κ1) is 36.5. The Morgan fingerprint density at radius 2 is 1.36 bits per heavy atom. The third-order valence-corrected chi connectivity index (χ3v) is 9.66. The minimum Gasteiger partial charge on any atom is -0.459 e. The number of nitriles is 2. The van der Waals surface area contributed by atoms with Crippen LogP contribution >= 0.6 is 12.4 Å². The third kappa shape index (κ3) is 6.82. The smallest absolute Gasteiger partial charge is 0.403 e. The molecule has 3 heterocycles. The molecule has 4 N–H and O–H groups in total. The van der Waals surface area contributed by atoms with Crippen LogP contribution < -0.4 is 11.1 Å². The van der Waals surface area contributed by atoms with Crippen LogP contribution in [0, 0.1) is 33.5 Å². The van der Waals surface area contributed by atoms with Crippen molar-refractivity contribution in [3.63, 3.8) is 0 Å². The van der Waals surface area contributed by atoms with Gasteiger partial charge in [-0.1, -0.05) is 0 Å². The van der Waals surface area contributed by atoms with Crippen LogP contribution in [-0.4, -0.2) is 99.4 Å². The van der Waals surface area contributed by atoms with Crippen molar-refractivity contribution in [2.24, 2.45) is 16.6 Å². The number of rotatable bonds is 4. The number of morpholine rings is 1. The molecule has 0 radical (unpaired) electrons. The molecule has 260 valence electrons. The summed E-state index contributed by atoms with van der Waals surface area (Å²) in [6.07, 6.45) is -8.61. The van der Waals surface area contributed by atoms with E-state index in [2.05, 4.69) is 5.32 Å². The lowest BCUT2D eigenvalue weighted by atomic mass is 10.0. The average molecular weight is 699 g/mol. The normalized spacial score (nSPS) is 30.4. The number of aliphatic hydroxyl groups excluding tert-OH is 1. The standard InChI is InChI=1S/C14H16F3N3O3.C10H10F3NO3.C4H6N2.ClH/c15-14(16,17)13(3-4-13)11(23)20-6-8(21)5-9(20)10(22)19-12(7-18)1-2-12;11-10(12,13)9(1-2-9)8(16)14-4-5-3-6(14)7(15)17-5;5-3-4(6)1-2-4;/h8-9,21H,1-6H2,(H,19,22);5-6H,1-4H2;1-2,6H2;1H/t8-,9-;5-,6-;;/m00../s1. The minimum absolute atomic E-state index is 0. The molecule has 19 heteroatoms. The lowest BCUT2D eigenvalue weighted by Gasteiger charge is -2.30. The van der Waals surface area contributed by atoms with Crippen molar-refractivity contribution in [2.75, 3.05) is 13.1 Å². The molecule has 4 atom stereocenters. The number of carbonyl (C=O) groups is 4. The van der Waals surface area contributed by atoms with Crippen molar-refractivity contribution in [1.82, 2.24) is 15.1 Å². The van der Waals surface area contributed by atoms with Crippen LogP contribution in [0.15, 0.2) is 0 Å². The summed E-state index contributed by atoms with van der Waals surface area (Å²) in [5.74, 6) is -3.35. The highest BCUT2D eigenvalue weighted by molar-refractivity contribution is 5.93. The Kier molecular flexibility index (Phi) is 9.28. The SMILES string of the molecule is Cl.N#CC1(N)CC1.N#CC1(NC(=O)[C@@H]2C[C@H](O)CN2C(=O)C2(C(F)(F)F)CC2)CC1.O=C1O[C@H]2C[C@@H]1N(C(=O)C1(C(F)(F)F)CC1)C2. The summed E-state index contributed by atoms with van der Waals surface area (Å²) in [4.78, 5) is 49.6. The maximum Gasteiger partial charge on any atom is 0.403 e. The molecule has 12 nitrogen and oxygen atoms in total. The molecular weight excluding hydrogens is 666 g/mol. The maximum absolute atomic E-state index is 13.1. The molecule has 7 aliphatic rings. The van der Waals surface area contributed by atoms with Gasteiger partial charge in [-0.25, -0.2) is 4.79 Å². The van der Waals surface area contributed by atoms with E-state index < -0.39 is 82.2 Å². The number of halogens is 7. The minimum atomic E-state index is -4.66. The molecule has 3 saturated heterocycles. The van der Waals surface area contributed by atoms with Crippen LogP contribution in [-0.2, 0) is 23.9 Å². The zero-order valence-corrected chi connectivity index (χ0v) is 25.6. The third-order valence-electron chi connectivity index (χ3n) is 9.66. The number of amides is 3. The predicted octanol–water partition coefficient (Wildman–Crippen LogP) is 1.74. The summed E-state index contributed by atoms with van der Waals surface area (Å²) in [7, 11) is 0. The van der Waals surface area contributed by atoms with Crippen LogP contribution in [0.2, 0.25) is 0 Å². The van der Waals surface area contributed by atoms with Gasteiger partial charge < -0.3 is 30.7 Å². The molecular formula is C28H33ClF6N6O6. The second-order valence-corrected chi connectivity index (χ2v) is 13.2. The Labute approximate surface area is 270 Å². The van der Waals surface area contributed by atoms with E-state index in [0.717, 1.165) is 22.6 Å². The summed E-state index contributed by atoms with van der Waals surface area (Å²) in [6.45, 7) is -0.193. The Bertz CT molecular complexity index is 1400. The molecule has 0 aromatic rings. The van der Waals surface area contributed by atoms with E-state index >= 15 is 0 Å². The van der Waals surface area contributed by atoms with Gasteiger partial charge in [0, 0.05) is 19.4 Å². The molecule has 3 aliphatic heterocycles. The summed E-state index contributed by atoms with van der Waals surface area (Å²) in [5, 5.41) is 29.3. The molecule has 2 bridgehead atoms. The predicted molar refractivity (Wildman–Crippen MR) is 146 cm³/mol. The first-order valence-electron chi connectivity index (χ1n) is 14.8. The number of likely N-dealkylation sites (tertiary alicyclic amines) is 2. The highest BCUT2D eigenvalue weighted by Crippen LogP contribution is 2.60. The number of hydrogen-bond acceptors (Lipinski definition) is 9. The van der Waals surface area contributed by atoms with E-state index in [1.165, 1.54) is 0 Å². The molecule has 4 saturated carbocycles. The van der Waals surface area contributed by atoms with Gasteiger partial charge in [-0.05, 0) is 51.4 Å². The van der Waals surface area contributed by atoms with Crippen LogP contribution in [0.3, 0.4) is 0 Å². The first-order valence-corrected chi connectivity index (χ1v) is 14.8. The van der Waals surface area contributed by atoms with Gasteiger partial charge in [-0.3, -0.25) is 14.4 Å². The highest BCUT2D eigenvalue weighted by Gasteiger charge is 2.72. The largest absolute Gasteiger partial charge is 0.459 e. The Balaban J connectivity index is 0.000000182. The molecule has 0 spiro atoms. The monoisotopic (exact) mass is 698 g/mol. The zero-order chi connectivity index (χ0) is 34.1. The topological polar surface area (TPSA) is 190 Å². The number of hydrogen-bond donors (Lipinski definition) is 3. The van der Waals surface area contributed by atoms with E-state index in [0.29, 0.717) is 19.3 Å². The lowest BCUT2D eigenvalue weighted by molar-refractivity contribution is -0.201. The van der Waals surface area contributed by atoms with Gasteiger partial charge in [0.2, 0.25) is 17.7 Å². The van der Waals surface area contributed by atoms with Crippen LogP contribution in [0.4, 0.5) is 26.3 Å². The first-order chi connectivity index (χ1) is 21.3. The van der Waals surface area contributed by atoms with E-state index in [-0.39, 0.29) is 57.6 Å². The van der Waals surface area contributed by atoms with Crippen molar-refractivity contribution in [3.8, 4) is 12.1 Å². The van der Waals surface area contributed by atoms with Gasteiger partial charge in [-0.2, -0.15) is 36.9 Å². The van der Waals surface area contributed by atoms with Gasteiger partial charge in [-0.15, -0.1) is 12.4 Å². The van der Waals surface area contributed by atoms with Crippen LogP contribution in [0.1, 0.15) is 64.2 Å². The van der Waals surface area contributed by atoms with Crippen LogP contribution in [0.5, 0.6) is 0 Å². The maximum atomic E-state index is 13.1. The Hall–Kier alpha value is -3.35. The molecule has 0 unspecified atom stereocenters. The lowest BCUT2D eigenvalue weighted by Crippen LogP contribution is -2.53. The fourth-order valence-corrected chi connectivity index (χ4v) is 5.85. The van der Waals surface area contributed by atoms with Gasteiger partial charge in [0.05, 0.1) is 24.8 Å². The summed E-state index contributed by atoms with van der Waals surface area (Å²) >= 11 is 0. The molecule has 47 heavy (non-hydrogen) atoms. The number of fused-ring (bicyclic) bond motifs is 2.